The van der Waals surface area contributed by atoms with Gasteiger partial charge in [-0.15, -0.1) is 22.7 Å². The maximum Gasteiger partial charge on any atom is 0.221 e. The zero-order valence-electron chi connectivity index (χ0n) is 11.6. The van der Waals surface area contributed by atoms with Crippen LogP contribution in [0.25, 0.3) is 10.6 Å². The van der Waals surface area contributed by atoms with E-state index in [0.29, 0.717) is 5.13 Å². The van der Waals surface area contributed by atoms with Crippen LogP contribution in [0.4, 0.5) is 10.1 Å². The third kappa shape index (κ3) is 3.59. The Balaban J connectivity index is 1.81. The lowest BCUT2D eigenvalue weighted by molar-refractivity contribution is -0.114. The first-order valence-electron chi connectivity index (χ1n) is 6.37. The second kappa shape index (κ2) is 6.82. The molecule has 3 heterocycles. The van der Waals surface area contributed by atoms with Gasteiger partial charge in [0.15, 0.2) is 0 Å². The number of hydrogen-bond donors (Lipinski definition) is 2. The van der Waals surface area contributed by atoms with Crippen LogP contribution in [0.3, 0.4) is 0 Å². The van der Waals surface area contributed by atoms with Crippen molar-refractivity contribution in [2.75, 3.05) is 10.7 Å². The van der Waals surface area contributed by atoms with E-state index in [1.807, 2.05) is 35.0 Å². The lowest BCUT2D eigenvalue weighted by Gasteiger charge is -1.99. The number of nitrogens with zero attached hydrogens (tertiary/aromatic N) is 2. The van der Waals surface area contributed by atoms with Crippen LogP contribution in [-0.4, -0.2) is 17.1 Å². The molecule has 0 saturated heterocycles. The summed E-state index contributed by atoms with van der Waals surface area (Å²) in [7, 11) is 0. The molecule has 3 aromatic rings. The van der Waals surface area contributed by atoms with E-state index in [-0.39, 0.29) is 5.91 Å². The minimum absolute atomic E-state index is 0.116. The van der Waals surface area contributed by atoms with E-state index >= 15 is 0 Å². The molecule has 0 aromatic carbocycles. The highest BCUT2D eigenvalue weighted by Gasteiger charge is 2.14. The molecule has 0 spiro atoms. The van der Waals surface area contributed by atoms with Gasteiger partial charge in [0.1, 0.15) is 10.7 Å². The molecular formula is C14H12N4OS3. The van der Waals surface area contributed by atoms with Crippen LogP contribution >= 0.6 is 34.0 Å². The van der Waals surface area contributed by atoms with Gasteiger partial charge in [-0.2, -0.15) is 5.10 Å². The van der Waals surface area contributed by atoms with Gasteiger partial charge < -0.3 is 5.32 Å². The number of rotatable bonds is 5. The van der Waals surface area contributed by atoms with Crippen molar-refractivity contribution in [2.45, 2.75) is 6.92 Å². The number of hydrazone groups is 1. The monoisotopic (exact) mass is 348 g/mol. The molecule has 22 heavy (non-hydrogen) atoms. The molecule has 8 heteroatoms. The van der Waals surface area contributed by atoms with Gasteiger partial charge in [0.2, 0.25) is 11.0 Å². The van der Waals surface area contributed by atoms with E-state index in [0.717, 1.165) is 20.4 Å². The van der Waals surface area contributed by atoms with Crippen molar-refractivity contribution in [3.63, 3.8) is 0 Å². The smallest absolute Gasteiger partial charge is 0.221 e. The Morgan fingerprint density at radius 3 is 2.77 bits per heavy atom. The van der Waals surface area contributed by atoms with Crippen molar-refractivity contribution in [2.24, 2.45) is 5.10 Å². The van der Waals surface area contributed by atoms with Crippen LogP contribution in [-0.2, 0) is 4.79 Å². The van der Waals surface area contributed by atoms with Gasteiger partial charge in [-0.25, -0.2) is 4.98 Å². The Morgan fingerprint density at radius 2 is 2.09 bits per heavy atom. The molecule has 0 fully saturated rings. The van der Waals surface area contributed by atoms with Crippen molar-refractivity contribution in [1.29, 1.82) is 0 Å². The van der Waals surface area contributed by atoms with E-state index in [1.54, 1.807) is 28.9 Å². The topological polar surface area (TPSA) is 66.4 Å². The number of thiophene rings is 2. The first-order chi connectivity index (χ1) is 10.7. The first-order valence-corrected chi connectivity index (χ1v) is 8.95. The Bertz CT molecular complexity index is 775. The molecule has 0 radical (unpaired) electrons. The Labute approximate surface area is 139 Å². The van der Waals surface area contributed by atoms with Crippen LogP contribution in [0.1, 0.15) is 11.8 Å². The van der Waals surface area contributed by atoms with Gasteiger partial charge in [0, 0.05) is 11.8 Å². The molecule has 0 bridgehead atoms. The van der Waals surface area contributed by atoms with E-state index in [2.05, 4.69) is 20.8 Å². The summed E-state index contributed by atoms with van der Waals surface area (Å²) in [5.74, 6) is -0.116. The number of thiazole rings is 1. The average molecular weight is 348 g/mol. The second-order valence-electron chi connectivity index (χ2n) is 4.24. The average Bonchev–Trinajstić information content (AvgIpc) is 3.18. The zero-order valence-corrected chi connectivity index (χ0v) is 14.0. The maximum atomic E-state index is 11.3. The predicted molar refractivity (Wildman–Crippen MR) is 95.3 cm³/mol. The molecule has 3 rings (SSSR count). The van der Waals surface area contributed by atoms with Crippen molar-refractivity contribution >= 4 is 56.3 Å². The van der Waals surface area contributed by atoms with Crippen LogP contribution < -0.4 is 10.7 Å². The summed E-state index contributed by atoms with van der Waals surface area (Å²) in [4.78, 5) is 17.9. The molecule has 0 saturated carbocycles. The zero-order chi connectivity index (χ0) is 15.4. The molecule has 0 aliphatic heterocycles. The number of carbonyl (C=O) groups is 1. The van der Waals surface area contributed by atoms with E-state index in [1.165, 1.54) is 18.3 Å². The Kier molecular flexibility index (Phi) is 4.62. The summed E-state index contributed by atoms with van der Waals surface area (Å²) >= 11 is 4.56. The normalized spacial score (nSPS) is 11.0. The van der Waals surface area contributed by atoms with Crippen LogP contribution in [0.2, 0.25) is 0 Å². The highest BCUT2D eigenvalue weighted by atomic mass is 32.1. The number of nitrogens with one attached hydrogen (secondary N) is 2. The first kappa shape index (κ1) is 14.9. The maximum absolute atomic E-state index is 11.3. The van der Waals surface area contributed by atoms with Crippen LogP contribution in [0.15, 0.2) is 40.1 Å². The summed E-state index contributed by atoms with van der Waals surface area (Å²) < 4.78 is 0. The summed E-state index contributed by atoms with van der Waals surface area (Å²) in [5, 5.41) is 12.3. The van der Waals surface area contributed by atoms with Crippen LogP contribution in [0, 0.1) is 0 Å². The van der Waals surface area contributed by atoms with E-state index in [9.17, 15) is 4.79 Å². The number of carbonyl (C=O) groups excluding carboxylic acids is 1. The highest BCUT2D eigenvalue weighted by molar-refractivity contribution is 7.21. The van der Waals surface area contributed by atoms with Crippen LogP contribution in [0.5, 0.6) is 0 Å². The van der Waals surface area contributed by atoms with Gasteiger partial charge in [-0.05, 0) is 22.9 Å². The molecule has 0 unspecified atom stereocenters. The van der Waals surface area contributed by atoms with Gasteiger partial charge >= 0.3 is 0 Å². The third-order valence-corrected chi connectivity index (χ3v) is 5.13. The lowest BCUT2D eigenvalue weighted by atomic mass is 10.3. The van der Waals surface area contributed by atoms with Gasteiger partial charge in [-0.3, -0.25) is 10.2 Å². The largest absolute Gasteiger partial charge is 0.316 e. The van der Waals surface area contributed by atoms with E-state index in [4.69, 9.17) is 0 Å². The van der Waals surface area contributed by atoms with Crippen molar-refractivity contribution in [3.8, 4) is 10.6 Å². The summed E-state index contributed by atoms with van der Waals surface area (Å²) in [6, 6.07) is 7.89. The van der Waals surface area contributed by atoms with Crippen molar-refractivity contribution in [3.05, 3.63) is 39.9 Å². The van der Waals surface area contributed by atoms with Gasteiger partial charge in [0.25, 0.3) is 0 Å². The molecular weight excluding hydrogens is 336 g/mol. The molecule has 2 N–H and O–H groups in total. The predicted octanol–water partition coefficient (Wildman–Crippen LogP) is 4.34. The summed E-state index contributed by atoms with van der Waals surface area (Å²) in [6.07, 6.45) is 1.74. The molecule has 5 nitrogen and oxygen atoms in total. The number of hydrogen-bond acceptors (Lipinski definition) is 7. The minimum atomic E-state index is -0.116. The van der Waals surface area contributed by atoms with E-state index < -0.39 is 0 Å². The molecule has 0 aliphatic carbocycles. The van der Waals surface area contributed by atoms with Gasteiger partial charge in [-0.1, -0.05) is 23.5 Å². The Hall–Kier alpha value is -2.03. The SMILES string of the molecule is CC(=O)Nc1sc(NN=Cc2cccs2)nc1-c1cccs1. The number of amides is 1. The van der Waals surface area contributed by atoms with Crippen molar-refractivity contribution < 1.29 is 4.79 Å². The molecule has 112 valence electrons. The fraction of sp³-hybridized carbons (Fsp3) is 0.0714. The molecule has 3 aromatic heterocycles. The minimum Gasteiger partial charge on any atom is -0.316 e. The third-order valence-electron chi connectivity index (χ3n) is 2.57. The quantitative estimate of drug-likeness (QED) is 0.532. The fourth-order valence-corrected chi connectivity index (χ4v) is 3.95. The second-order valence-corrected chi connectivity index (χ2v) is 7.17. The summed E-state index contributed by atoms with van der Waals surface area (Å²) in [5.41, 5.74) is 3.68. The summed E-state index contributed by atoms with van der Waals surface area (Å²) in [6.45, 7) is 1.49. The van der Waals surface area contributed by atoms with Crippen molar-refractivity contribution in [1.82, 2.24) is 4.98 Å². The number of aromatic nitrogens is 1. The molecule has 1 amide bonds. The molecule has 0 aliphatic rings. The van der Waals surface area contributed by atoms with Gasteiger partial charge in [0.05, 0.1) is 11.1 Å². The number of anilines is 2. The highest BCUT2D eigenvalue weighted by Crippen LogP contribution is 2.37. The molecule has 0 atom stereocenters. The fourth-order valence-electron chi connectivity index (χ4n) is 1.71. The Morgan fingerprint density at radius 1 is 1.27 bits per heavy atom. The standard InChI is InChI=1S/C14H12N4OS3/c1-9(19)16-13-12(11-5-3-7-21-11)17-14(22-13)18-15-8-10-4-2-6-20-10/h2-8H,1H3,(H,16,19)(H,17,18). The lowest BCUT2D eigenvalue weighted by Crippen LogP contribution is -2.04.